The maximum absolute atomic E-state index is 13.1. The van der Waals surface area contributed by atoms with Crippen LogP contribution in [0.25, 0.3) is 0 Å². The molecule has 0 aromatic heterocycles. The summed E-state index contributed by atoms with van der Waals surface area (Å²) >= 11 is 5.58. The number of hydrogen-bond acceptors (Lipinski definition) is 5. The van der Waals surface area contributed by atoms with Crippen molar-refractivity contribution < 1.29 is 4.79 Å². The summed E-state index contributed by atoms with van der Waals surface area (Å²) < 4.78 is 0. The van der Waals surface area contributed by atoms with E-state index >= 15 is 0 Å². The fourth-order valence-electron chi connectivity index (χ4n) is 5.64. The summed E-state index contributed by atoms with van der Waals surface area (Å²) in [6.07, 6.45) is 4.36. The van der Waals surface area contributed by atoms with Crippen LogP contribution in [0.3, 0.4) is 0 Å². The van der Waals surface area contributed by atoms with E-state index < -0.39 is 16.2 Å². The molecule has 1 aromatic carbocycles. The molecule has 3 fully saturated rings. The molecule has 2 heterocycles. The SMILES string of the molecule is N#CC12CN(Cc3ccccc3)CC(C#N)(C(=S)NC1=O)C21CCCCC1. The average Bonchev–Trinajstić information content (AvgIpc) is 2.69. The minimum absolute atomic E-state index is 0.306. The number of amides is 1. The zero-order valence-electron chi connectivity index (χ0n) is 15.2. The largest absolute Gasteiger partial charge is 0.318 e. The van der Waals surface area contributed by atoms with Gasteiger partial charge in [0.25, 0.3) is 0 Å². The van der Waals surface area contributed by atoms with Crippen molar-refractivity contribution in [3.05, 3.63) is 35.9 Å². The molecule has 2 atom stereocenters. The number of thiocarbonyl (C=S) groups is 1. The Morgan fingerprint density at radius 3 is 2.30 bits per heavy atom. The Kier molecular flexibility index (Phi) is 4.29. The Morgan fingerprint density at radius 2 is 1.67 bits per heavy atom. The van der Waals surface area contributed by atoms with Crippen LogP contribution in [-0.2, 0) is 11.3 Å². The first-order chi connectivity index (χ1) is 13.0. The number of rotatable bonds is 2. The third kappa shape index (κ3) is 2.30. The van der Waals surface area contributed by atoms with Crippen LogP contribution in [0.4, 0.5) is 0 Å². The Balaban J connectivity index is 1.84. The molecule has 1 N–H and O–H groups in total. The number of piperidine rings is 2. The van der Waals surface area contributed by atoms with Crippen molar-refractivity contribution in [1.29, 1.82) is 10.5 Å². The molecule has 4 rings (SSSR count). The number of carbonyl (C=O) groups is 1. The van der Waals surface area contributed by atoms with Gasteiger partial charge in [-0.2, -0.15) is 10.5 Å². The second-order valence-corrected chi connectivity index (χ2v) is 8.50. The van der Waals surface area contributed by atoms with Gasteiger partial charge in [0, 0.05) is 25.0 Å². The molecule has 1 aliphatic carbocycles. The van der Waals surface area contributed by atoms with Crippen LogP contribution >= 0.6 is 12.2 Å². The van der Waals surface area contributed by atoms with Crippen LogP contribution < -0.4 is 5.32 Å². The van der Waals surface area contributed by atoms with Crippen LogP contribution in [0.15, 0.2) is 30.3 Å². The van der Waals surface area contributed by atoms with E-state index in [-0.39, 0.29) is 5.91 Å². The molecule has 2 saturated heterocycles. The topological polar surface area (TPSA) is 79.9 Å². The number of benzene rings is 1. The van der Waals surface area contributed by atoms with Crippen molar-refractivity contribution in [1.82, 2.24) is 10.2 Å². The molecular formula is C21H22N4OS. The number of hydrogen-bond donors (Lipinski definition) is 1. The van der Waals surface area contributed by atoms with Crippen LogP contribution in [0.1, 0.15) is 37.7 Å². The molecule has 27 heavy (non-hydrogen) atoms. The lowest BCUT2D eigenvalue weighted by atomic mass is 9.42. The second kappa shape index (κ2) is 6.41. The number of likely N-dealkylation sites (tertiary alicyclic amines) is 1. The van der Waals surface area contributed by atoms with Gasteiger partial charge in [-0.05, 0) is 18.4 Å². The van der Waals surface area contributed by atoms with Gasteiger partial charge >= 0.3 is 0 Å². The highest BCUT2D eigenvalue weighted by atomic mass is 32.1. The van der Waals surface area contributed by atoms with Gasteiger partial charge in [0.15, 0.2) is 5.41 Å². The lowest BCUT2D eigenvalue weighted by Gasteiger charge is -2.63. The van der Waals surface area contributed by atoms with E-state index in [9.17, 15) is 15.3 Å². The molecule has 1 amide bonds. The van der Waals surface area contributed by atoms with Crippen LogP contribution in [0.2, 0.25) is 0 Å². The highest BCUT2D eigenvalue weighted by Crippen LogP contribution is 2.65. The summed E-state index contributed by atoms with van der Waals surface area (Å²) in [6.45, 7) is 1.40. The molecular weight excluding hydrogens is 356 g/mol. The Hall–Kier alpha value is -2.28. The lowest BCUT2D eigenvalue weighted by Crippen LogP contribution is -2.77. The third-order valence-electron chi connectivity index (χ3n) is 6.90. The van der Waals surface area contributed by atoms with Crippen molar-refractivity contribution in [3.63, 3.8) is 0 Å². The molecule has 5 nitrogen and oxygen atoms in total. The lowest BCUT2D eigenvalue weighted by molar-refractivity contribution is -0.158. The van der Waals surface area contributed by atoms with Gasteiger partial charge in [-0.1, -0.05) is 61.8 Å². The smallest absolute Gasteiger partial charge is 0.247 e. The van der Waals surface area contributed by atoms with Gasteiger partial charge in [-0.15, -0.1) is 0 Å². The van der Waals surface area contributed by atoms with Gasteiger partial charge in [-0.25, -0.2) is 0 Å². The average molecular weight is 379 g/mol. The second-order valence-electron chi connectivity index (χ2n) is 8.09. The van der Waals surface area contributed by atoms with E-state index in [1.807, 2.05) is 30.3 Å². The van der Waals surface area contributed by atoms with E-state index in [4.69, 9.17) is 12.2 Å². The number of nitrogens with zero attached hydrogens (tertiary/aromatic N) is 3. The van der Waals surface area contributed by atoms with Crippen LogP contribution in [0, 0.1) is 38.9 Å². The zero-order valence-corrected chi connectivity index (χ0v) is 16.0. The summed E-state index contributed by atoms with van der Waals surface area (Å²) in [6, 6.07) is 14.9. The first-order valence-corrected chi connectivity index (χ1v) is 9.89. The zero-order chi connectivity index (χ0) is 19.1. The minimum Gasteiger partial charge on any atom is -0.318 e. The first-order valence-electron chi connectivity index (χ1n) is 9.48. The van der Waals surface area contributed by atoms with Crippen LogP contribution in [-0.4, -0.2) is 28.9 Å². The monoisotopic (exact) mass is 378 g/mol. The van der Waals surface area contributed by atoms with Gasteiger partial charge in [0.05, 0.1) is 12.1 Å². The molecule has 1 saturated carbocycles. The Bertz CT molecular complexity index is 820. The summed E-state index contributed by atoms with van der Waals surface area (Å²) in [7, 11) is 0. The molecule has 2 aliphatic heterocycles. The van der Waals surface area contributed by atoms with Crippen molar-refractivity contribution in [2.24, 2.45) is 16.2 Å². The Morgan fingerprint density at radius 1 is 1.04 bits per heavy atom. The fraction of sp³-hybridized carbons (Fsp3) is 0.524. The predicted molar refractivity (Wildman–Crippen MR) is 104 cm³/mol. The maximum atomic E-state index is 13.1. The quantitative estimate of drug-likeness (QED) is 0.801. The van der Waals surface area contributed by atoms with E-state index in [2.05, 4.69) is 22.4 Å². The number of carbonyl (C=O) groups excluding carboxylic acids is 1. The van der Waals surface area contributed by atoms with Crippen molar-refractivity contribution >= 4 is 23.1 Å². The molecule has 138 valence electrons. The Labute approximate surface area is 165 Å². The molecule has 1 spiro atoms. The first kappa shape index (κ1) is 18.1. The molecule has 2 bridgehead atoms. The van der Waals surface area contributed by atoms with Gasteiger partial charge in [0.2, 0.25) is 5.91 Å². The number of nitrogens with one attached hydrogen (secondary N) is 1. The summed E-state index contributed by atoms with van der Waals surface area (Å²) in [5.41, 5.74) is -1.82. The van der Waals surface area contributed by atoms with E-state index in [1.54, 1.807) is 0 Å². The van der Waals surface area contributed by atoms with E-state index in [1.165, 1.54) is 0 Å². The maximum Gasteiger partial charge on any atom is 0.247 e. The van der Waals surface area contributed by atoms with E-state index in [0.717, 1.165) is 24.8 Å². The molecule has 2 unspecified atom stereocenters. The van der Waals surface area contributed by atoms with Crippen molar-refractivity contribution in [2.45, 2.75) is 38.6 Å². The normalized spacial score (nSPS) is 32.4. The number of nitriles is 2. The van der Waals surface area contributed by atoms with Gasteiger partial charge in [0.1, 0.15) is 10.4 Å². The standard InChI is InChI=1S/C21H22N4OS/c22-12-19-14-25(11-16-7-3-1-4-8-16)15-20(13-23,18(27)24-17(19)26)21(19)9-5-2-6-10-21/h1,3-4,7-8H,2,5-6,9-11,14-15H2,(H,24,26,27). The minimum atomic E-state index is -1.24. The van der Waals surface area contributed by atoms with Crippen molar-refractivity contribution in [3.8, 4) is 12.1 Å². The molecule has 0 radical (unpaired) electrons. The third-order valence-corrected chi connectivity index (χ3v) is 7.35. The summed E-state index contributed by atoms with van der Waals surface area (Å²) in [4.78, 5) is 15.5. The van der Waals surface area contributed by atoms with Crippen molar-refractivity contribution in [2.75, 3.05) is 13.1 Å². The van der Waals surface area contributed by atoms with E-state index in [0.29, 0.717) is 37.5 Å². The molecule has 3 aliphatic rings. The highest BCUT2D eigenvalue weighted by Gasteiger charge is 2.74. The summed E-state index contributed by atoms with van der Waals surface area (Å²) in [5, 5.41) is 23.3. The highest BCUT2D eigenvalue weighted by molar-refractivity contribution is 7.80. The predicted octanol–water partition coefficient (Wildman–Crippen LogP) is 2.93. The van der Waals surface area contributed by atoms with Gasteiger partial charge < -0.3 is 5.32 Å². The molecule has 1 aromatic rings. The summed E-state index contributed by atoms with van der Waals surface area (Å²) in [5.74, 6) is -0.319. The van der Waals surface area contributed by atoms with Crippen LogP contribution in [0.5, 0.6) is 0 Å². The van der Waals surface area contributed by atoms with Gasteiger partial charge in [-0.3, -0.25) is 9.69 Å². The molecule has 6 heteroatoms. The fourth-order valence-corrected chi connectivity index (χ4v) is 6.04.